The van der Waals surface area contributed by atoms with Crippen molar-refractivity contribution in [2.75, 3.05) is 50.5 Å². The van der Waals surface area contributed by atoms with Gasteiger partial charge in [-0.15, -0.1) is 0 Å². The number of carbonyl (C=O) groups excluding carboxylic acids is 1. The highest BCUT2D eigenvalue weighted by Gasteiger charge is 2.41. The van der Waals surface area contributed by atoms with Crippen molar-refractivity contribution in [2.45, 2.75) is 19.1 Å². The molecule has 0 saturated carbocycles. The van der Waals surface area contributed by atoms with Crippen LogP contribution in [0.1, 0.15) is 6.92 Å². The number of halogens is 3. The quantitative estimate of drug-likeness (QED) is 0.913. The molecule has 6 nitrogen and oxygen atoms in total. The average Bonchev–Trinajstić information content (AvgIpc) is 2.54. The molecule has 1 saturated heterocycles. The third-order valence-electron chi connectivity index (χ3n) is 4.12. The van der Waals surface area contributed by atoms with Gasteiger partial charge in [-0.05, 0) is 19.1 Å². The number of alkyl halides is 3. The molecular weight excluding hydrogens is 323 g/mol. The van der Waals surface area contributed by atoms with E-state index in [1.165, 1.54) is 9.80 Å². The molecule has 1 atom stereocenters. The van der Waals surface area contributed by atoms with Gasteiger partial charge in [-0.2, -0.15) is 13.2 Å². The molecule has 1 aliphatic rings. The van der Waals surface area contributed by atoms with Gasteiger partial charge in [-0.25, -0.2) is 9.78 Å². The highest BCUT2D eigenvalue weighted by molar-refractivity contribution is 5.88. The van der Waals surface area contributed by atoms with Crippen LogP contribution in [0.5, 0.6) is 0 Å². The number of anilines is 2. The van der Waals surface area contributed by atoms with Crippen molar-refractivity contribution in [3.05, 3.63) is 18.3 Å². The summed E-state index contributed by atoms with van der Waals surface area (Å²) in [5.41, 5.74) is 0.905. The average molecular weight is 345 g/mol. The van der Waals surface area contributed by atoms with Crippen LogP contribution in [0.4, 0.5) is 29.5 Å². The predicted molar refractivity (Wildman–Crippen MR) is 86.2 cm³/mol. The summed E-state index contributed by atoms with van der Waals surface area (Å²) >= 11 is 0. The molecule has 0 radical (unpaired) electrons. The van der Waals surface area contributed by atoms with E-state index in [9.17, 15) is 18.0 Å². The molecule has 1 aromatic rings. The summed E-state index contributed by atoms with van der Waals surface area (Å²) < 4.78 is 38.2. The fourth-order valence-corrected chi connectivity index (χ4v) is 2.43. The number of amides is 2. The first-order valence-corrected chi connectivity index (χ1v) is 7.68. The second kappa shape index (κ2) is 7.25. The van der Waals surface area contributed by atoms with E-state index in [1.54, 1.807) is 12.3 Å². The number of carbonyl (C=O) groups is 1. The van der Waals surface area contributed by atoms with Gasteiger partial charge < -0.3 is 9.80 Å². The number of pyridine rings is 1. The molecule has 1 aliphatic heterocycles. The molecule has 1 N–H and O–H groups in total. The summed E-state index contributed by atoms with van der Waals surface area (Å²) in [6.45, 7) is 2.04. The van der Waals surface area contributed by atoms with E-state index in [2.05, 4.69) is 10.3 Å². The van der Waals surface area contributed by atoms with Crippen LogP contribution >= 0.6 is 0 Å². The van der Waals surface area contributed by atoms with Gasteiger partial charge >= 0.3 is 12.2 Å². The minimum absolute atomic E-state index is 0.196. The fraction of sp³-hybridized carbons (Fsp3) is 0.600. The number of hydrogen-bond acceptors (Lipinski definition) is 4. The van der Waals surface area contributed by atoms with E-state index in [-0.39, 0.29) is 32.2 Å². The molecule has 9 heteroatoms. The lowest BCUT2D eigenvalue weighted by atomic mass is 10.2. The Morgan fingerprint density at radius 3 is 2.33 bits per heavy atom. The van der Waals surface area contributed by atoms with Crippen molar-refractivity contribution in [3.63, 3.8) is 0 Å². The summed E-state index contributed by atoms with van der Waals surface area (Å²) in [5, 5.41) is 2.67. The van der Waals surface area contributed by atoms with Crippen molar-refractivity contribution in [3.8, 4) is 0 Å². The predicted octanol–water partition coefficient (Wildman–Crippen LogP) is 2.25. The Morgan fingerprint density at radius 2 is 1.88 bits per heavy atom. The van der Waals surface area contributed by atoms with Crippen LogP contribution in [0.15, 0.2) is 18.3 Å². The van der Waals surface area contributed by atoms with Crippen molar-refractivity contribution >= 4 is 17.5 Å². The van der Waals surface area contributed by atoms with Crippen LogP contribution in [0.25, 0.3) is 0 Å². The van der Waals surface area contributed by atoms with Crippen molar-refractivity contribution in [2.24, 2.45) is 0 Å². The van der Waals surface area contributed by atoms with E-state index >= 15 is 0 Å². The van der Waals surface area contributed by atoms with Gasteiger partial charge in [0.05, 0.1) is 11.9 Å². The van der Waals surface area contributed by atoms with E-state index in [0.717, 1.165) is 12.6 Å². The SMILES string of the molecule is C[C@@H](N1CCN(C(=O)Nc2ccc(N(C)C)cn2)CC1)C(F)(F)F. The number of nitrogens with zero attached hydrogens (tertiary/aromatic N) is 4. The molecule has 2 rings (SSSR count). The fourth-order valence-electron chi connectivity index (χ4n) is 2.43. The Morgan fingerprint density at radius 1 is 1.25 bits per heavy atom. The second-order valence-corrected chi connectivity index (χ2v) is 5.97. The van der Waals surface area contributed by atoms with Gasteiger partial charge in [0.15, 0.2) is 0 Å². The zero-order valence-electron chi connectivity index (χ0n) is 14.0. The lowest BCUT2D eigenvalue weighted by Gasteiger charge is -2.38. The molecule has 1 fully saturated rings. The normalized spacial score (nSPS) is 17.5. The maximum absolute atomic E-state index is 12.7. The van der Waals surface area contributed by atoms with Gasteiger partial charge in [-0.1, -0.05) is 0 Å². The van der Waals surface area contributed by atoms with Crippen LogP contribution in [0.2, 0.25) is 0 Å². The topological polar surface area (TPSA) is 51.7 Å². The first-order valence-electron chi connectivity index (χ1n) is 7.68. The molecular formula is C15H22F3N5O. The lowest BCUT2D eigenvalue weighted by Crippen LogP contribution is -2.55. The molecule has 24 heavy (non-hydrogen) atoms. The molecule has 1 aromatic heterocycles. The Balaban J connectivity index is 1.86. The largest absolute Gasteiger partial charge is 0.403 e. The van der Waals surface area contributed by atoms with Crippen molar-refractivity contribution in [1.29, 1.82) is 0 Å². The number of nitrogens with one attached hydrogen (secondary N) is 1. The van der Waals surface area contributed by atoms with Gasteiger partial charge in [0.25, 0.3) is 0 Å². The molecule has 0 aliphatic carbocycles. The first kappa shape index (κ1) is 18.3. The van der Waals surface area contributed by atoms with Gasteiger partial charge in [0, 0.05) is 40.3 Å². The number of hydrogen-bond donors (Lipinski definition) is 1. The van der Waals surface area contributed by atoms with Crippen LogP contribution in [0.3, 0.4) is 0 Å². The molecule has 0 unspecified atom stereocenters. The van der Waals surface area contributed by atoms with E-state index < -0.39 is 12.2 Å². The Labute approximate surface area is 139 Å². The molecule has 0 aromatic carbocycles. The van der Waals surface area contributed by atoms with Crippen LogP contribution in [-0.2, 0) is 0 Å². The zero-order chi connectivity index (χ0) is 17.9. The lowest BCUT2D eigenvalue weighted by molar-refractivity contribution is -0.181. The Bertz CT molecular complexity index is 553. The highest BCUT2D eigenvalue weighted by Crippen LogP contribution is 2.25. The van der Waals surface area contributed by atoms with Crippen LogP contribution in [-0.4, -0.2) is 73.3 Å². The van der Waals surface area contributed by atoms with Crippen LogP contribution < -0.4 is 10.2 Å². The number of urea groups is 1. The van der Waals surface area contributed by atoms with Crippen molar-refractivity contribution in [1.82, 2.24) is 14.8 Å². The van der Waals surface area contributed by atoms with Crippen molar-refractivity contribution < 1.29 is 18.0 Å². The van der Waals surface area contributed by atoms with Crippen LogP contribution in [0, 0.1) is 0 Å². The van der Waals surface area contributed by atoms with E-state index in [1.807, 2.05) is 25.1 Å². The third-order valence-corrected chi connectivity index (χ3v) is 4.12. The monoisotopic (exact) mass is 345 g/mol. The standard InChI is InChI=1S/C15H22F3N5O/c1-11(15(16,17)18)22-6-8-23(9-7-22)14(24)20-13-5-4-12(10-19-13)21(2)3/h4-5,10-11H,6-9H2,1-3H3,(H,19,20,24)/t11-/m1/s1. The second-order valence-electron chi connectivity index (χ2n) is 5.97. The molecule has 0 bridgehead atoms. The third kappa shape index (κ3) is 4.50. The molecule has 0 spiro atoms. The van der Waals surface area contributed by atoms with Gasteiger partial charge in [0.2, 0.25) is 0 Å². The molecule has 134 valence electrons. The van der Waals surface area contributed by atoms with Gasteiger partial charge in [-0.3, -0.25) is 10.2 Å². The summed E-state index contributed by atoms with van der Waals surface area (Å²) in [4.78, 5) is 21.1. The van der Waals surface area contributed by atoms with Gasteiger partial charge in [0.1, 0.15) is 11.9 Å². The summed E-state index contributed by atoms with van der Waals surface area (Å²) in [5.74, 6) is 0.414. The summed E-state index contributed by atoms with van der Waals surface area (Å²) in [7, 11) is 3.77. The summed E-state index contributed by atoms with van der Waals surface area (Å²) in [6, 6.07) is 1.67. The van der Waals surface area contributed by atoms with E-state index in [4.69, 9.17) is 0 Å². The van der Waals surface area contributed by atoms with E-state index in [0.29, 0.717) is 5.82 Å². The molecule has 2 heterocycles. The summed E-state index contributed by atoms with van der Waals surface area (Å²) in [6.07, 6.45) is -2.61. The Hall–Kier alpha value is -2.03. The first-order chi connectivity index (χ1) is 11.2. The maximum Gasteiger partial charge on any atom is 0.403 e. The Kier molecular flexibility index (Phi) is 5.53. The minimum atomic E-state index is -4.25. The number of piperazine rings is 1. The zero-order valence-corrected chi connectivity index (χ0v) is 14.0. The maximum atomic E-state index is 12.7. The highest BCUT2D eigenvalue weighted by atomic mass is 19.4. The number of aromatic nitrogens is 1. The minimum Gasteiger partial charge on any atom is -0.376 e. The smallest absolute Gasteiger partial charge is 0.376 e. The number of rotatable bonds is 3. The molecule has 2 amide bonds.